The summed E-state index contributed by atoms with van der Waals surface area (Å²) in [7, 11) is 0. The maximum Gasteiger partial charge on any atom is 0.262 e. The normalized spacial score (nSPS) is 23.2. The summed E-state index contributed by atoms with van der Waals surface area (Å²) in [6.07, 6.45) is 3.70. The van der Waals surface area contributed by atoms with Crippen LogP contribution in [0.1, 0.15) is 35.0 Å². The number of carbonyl (C=O) groups excluding carboxylic acids is 2. The molecule has 7 nitrogen and oxygen atoms in total. The lowest BCUT2D eigenvalue weighted by Crippen LogP contribution is -2.41. The van der Waals surface area contributed by atoms with Crippen LogP contribution in [0.25, 0.3) is 10.2 Å². The third-order valence-corrected chi connectivity index (χ3v) is 6.49. The minimum absolute atomic E-state index is 0.0280. The number of likely N-dealkylation sites (tertiary alicyclic amines) is 1. The molecule has 2 atom stereocenters. The summed E-state index contributed by atoms with van der Waals surface area (Å²) in [4.78, 5) is 46.1. The van der Waals surface area contributed by atoms with Gasteiger partial charge in [0.05, 0.1) is 22.6 Å². The number of nitrogens with zero attached hydrogens (tertiary/aromatic N) is 2. The van der Waals surface area contributed by atoms with Gasteiger partial charge in [-0.3, -0.25) is 14.4 Å². The molecule has 0 aromatic carbocycles. The van der Waals surface area contributed by atoms with Gasteiger partial charge in [0.15, 0.2) is 0 Å². The number of aromatic amines is 1. The number of hydrogen-bond acceptors (Lipinski definition) is 5. The van der Waals surface area contributed by atoms with Crippen molar-refractivity contribution >= 4 is 33.4 Å². The molecule has 8 heteroatoms. The Morgan fingerprint density at radius 1 is 1.36 bits per heavy atom. The number of amides is 2. The van der Waals surface area contributed by atoms with Crippen molar-refractivity contribution in [3.63, 3.8) is 0 Å². The molecule has 1 saturated heterocycles. The van der Waals surface area contributed by atoms with Gasteiger partial charge >= 0.3 is 0 Å². The van der Waals surface area contributed by atoms with Crippen molar-refractivity contribution in [2.24, 2.45) is 11.8 Å². The summed E-state index contributed by atoms with van der Waals surface area (Å²) in [5, 5.41) is 3.59. The average molecular weight is 360 g/mol. The summed E-state index contributed by atoms with van der Waals surface area (Å²) in [5.74, 6) is 0.795. The topological polar surface area (TPSA) is 95.2 Å². The molecule has 0 bridgehead atoms. The predicted molar refractivity (Wildman–Crippen MR) is 94.7 cm³/mol. The Labute approximate surface area is 148 Å². The van der Waals surface area contributed by atoms with Crippen LogP contribution in [0.15, 0.2) is 11.1 Å². The number of aryl methyl sites for hydroxylation is 1. The van der Waals surface area contributed by atoms with E-state index >= 15 is 0 Å². The van der Waals surface area contributed by atoms with Gasteiger partial charge in [-0.05, 0) is 31.2 Å². The molecule has 3 heterocycles. The van der Waals surface area contributed by atoms with Crippen molar-refractivity contribution in [2.75, 3.05) is 13.1 Å². The highest BCUT2D eigenvalue weighted by Crippen LogP contribution is 2.41. The molecule has 2 aromatic rings. The highest BCUT2D eigenvalue weighted by Gasteiger charge is 2.44. The Bertz CT molecular complexity index is 914. The number of carbonyl (C=O) groups is 2. The van der Waals surface area contributed by atoms with Gasteiger partial charge in [0, 0.05) is 25.9 Å². The molecule has 4 rings (SSSR count). The van der Waals surface area contributed by atoms with Crippen molar-refractivity contribution in [1.82, 2.24) is 20.2 Å². The molecule has 25 heavy (non-hydrogen) atoms. The van der Waals surface area contributed by atoms with Crippen molar-refractivity contribution in [1.29, 1.82) is 0 Å². The maximum atomic E-state index is 12.8. The van der Waals surface area contributed by atoms with Gasteiger partial charge < -0.3 is 15.2 Å². The highest BCUT2D eigenvalue weighted by molar-refractivity contribution is 7.20. The van der Waals surface area contributed by atoms with E-state index in [2.05, 4.69) is 15.3 Å². The third kappa shape index (κ3) is 2.84. The second-order valence-electron chi connectivity index (χ2n) is 6.97. The molecule has 1 aliphatic carbocycles. The van der Waals surface area contributed by atoms with Crippen LogP contribution in [0.3, 0.4) is 0 Å². The summed E-state index contributed by atoms with van der Waals surface area (Å²) in [6, 6.07) is -0.0280. The molecule has 0 spiro atoms. The molecule has 0 unspecified atom stereocenters. The van der Waals surface area contributed by atoms with Gasteiger partial charge in [-0.2, -0.15) is 0 Å². The summed E-state index contributed by atoms with van der Waals surface area (Å²) in [6.45, 7) is 4.63. The molecule has 2 amide bonds. The Hall–Kier alpha value is -2.22. The molecule has 1 saturated carbocycles. The van der Waals surface area contributed by atoms with E-state index in [1.165, 1.54) is 30.5 Å². The third-order valence-electron chi connectivity index (χ3n) is 5.29. The lowest BCUT2D eigenvalue weighted by Gasteiger charge is -2.18. The Kier molecular flexibility index (Phi) is 3.87. The van der Waals surface area contributed by atoms with Crippen LogP contribution in [0.4, 0.5) is 0 Å². The van der Waals surface area contributed by atoms with Gasteiger partial charge in [-0.25, -0.2) is 4.98 Å². The molecule has 2 aliphatic rings. The number of rotatable bonds is 3. The SMILES string of the molecule is CC(=O)N1C[C@H](NC(=O)c2sc3nc[nH]c(=O)c3c2C)[C@@H](C2CC2)C1. The molecule has 132 valence electrons. The zero-order valence-corrected chi connectivity index (χ0v) is 15.0. The monoisotopic (exact) mass is 360 g/mol. The number of H-pyrrole nitrogens is 1. The first-order chi connectivity index (χ1) is 12.0. The molecular weight excluding hydrogens is 340 g/mol. The number of thiophene rings is 1. The molecular formula is C17H20N4O3S. The smallest absolute Gasteiger partial charge is 0.262 e. The zero-order valence-electron chi connectivity index (χ0n) is 14.2. The maximum absolute atomic E-state index is 12.8. The quantitative estimate of drug-likeness (QED) is 0.862. The summed E-state index contributed by atoms with van der Waals surface area (Å²) >= 11 is 1.24. The minimum atomic E-state index is -0.225. The number of aromatic nitrogens is 2. The van der Waals surface area contributed by atoms with E-state index in [4.69, 9.17) is 0 Å². The van der Waals surface area contributed by atoms with Crippen molar-refractivity contribution in [3.05, 3.63) is 27.1 Å². The highest BCUT2D eigenvalue weighted by atomic mass is 32.1. The average Bonchev–Trinajstić information content (AvgIpc) is 3.23. The lowest BCUT2D eigenvalue weighted by atomic mass is 9.98. The Balaban J connectivity index is 1.59. The van der Waals surface area contributed by atoms with E-state index < -0.39 is 0 Å². The van der Waals surface area contributed by atoms with Gasteiger partial charge in [0.25, 0.3) is 11.5 Å². The van der Waals surface area contributed by atoms with E-state index in [0.29, 0.717) is 39.0 Å². The van der Waals surface area contributed by atoms with Crippen LogP contribution in [-0.4, -0.2) is 45.8 Å². The van der Waals surface area contributed by atoms with Crippen LogP contribution < -0.4 is 10.9 Å². The van der Waals surface area contributed by atoms with E-state index in [0.717, 1.165) is 6.54 Å². The van der Waals surface area contributed by atoms with Gasteiger partial charge in [-0.15, -0.1) is 11.3 Å². The predicted octanol–water partition coefficient (Wildman–Crippen LogP) is 1.28. The standard InChI is InChI=1S/C17H20N4O3S/c1-8-13-15(23)18-7-19-17(13)25-14(8)16(24)20-12-6-21(9(2)22)5-11(12)10-3-4-10/h7,10-12H,3-6H2,1-2H3,(H,20,24)(H,18,19,23)/t11-,12+/m1/s1. The first-order valence-corrected chi connectivity index (χ1v) is 9.30. The minimum Gasteiger partial charge on any atom is -0.346 e. The molecule has 2 fully saturated rings. The van der Waals surface area contributed by atoms with Gasteiger partial charge in [0.2, 0.25) is 5.91 Å². The van der Waals surface area contributed by atoms with Crippen molar-refractivity contribution in [3.8, 4) is 0 Å². The summed E-state index contributed by atoms with van der Waals surface area (Å²) < 4.78 is 0. The van der Waals surface area contributed by atoms with E-state index in [9.17, 15) is 14.4 Å². The second-order valence-corrected chi connectivity index (χ2v) is 7.97. The van der Waals surface area contributed by atoms with E-state index in [1.807, 2.05) is 4.90 Å². The summed E-state index contributed by atoms with van der Waals surface area (Å²) in [5.41, 5.74) is 0.438. The van der Waals surface area contributed by atoms with Gasteiger partial charge in [0.1, 0.15) is 4.83 Å². The Morgan fingerprint density at radius 2 is 2.12 bits per heavy atom. The molecule has 1 aliphatic heterocycles. The van der Waals surface area contributed by atoms with Gasteiger partial charge in [-0.1, -0.05) is 0 Å². The fraction of sp³-hybridized carbons (Fsp3) is 0.529. The number of hydrogen-bond donors (Lipinski definition) is 2. The fourth-order valence-corrected chi connectivity index (χ4v) is 4.82. The van der Waals surface area contributed by atoms with Crippen LogP contribution >= 0.6 is 11.3 Å². The van der Waals surface area contributed by atoms with Crippen molar-refractivity contribution < 1.29 is 9.59 Å². The first-order valence-electron chi connectivity index (χ1n) is 8.49. The number of fused-ring (bicyclic) bond motifs is 1. The fourth-order valence-electron chi connectivity index (χ4n) is 3.77. The molecule has 0 radical (unpaired) electrons. The largest absolute Gasteiger partial charge is 0.346 e. The number of nitrogens with one attached hydrogen (secondary N) is 2. The zero-order chi connectivity index (χ0) is 17.7. The van der Waals surface area contributed by atoms with Crippen LogP contribution in [0.5, 0.6) is 0 Å². The molecule has 2 N–H and O–H groups in total. The van der Waals surface area contributed by atoms with Crippen LogP contribution in [0, 0.1) is 18.8 Å². The Morgan fingerprint density at radius 3 is 2.76 bits per heavy atom. The first kappa shape index (κ1) is 16.3. The van der Waals surface area contributed by atoms with Crippen LogP contribution in [-0.2, 0) is 4.79 Å². The van der Waals surface area contributed by atoms with E-state index in [-0.39, 0.29) is 23.4 Å². The second kappa shape index (κ2) is 5.94. The van der Waals surface area contributed by atoms with Crippen LogP contribution in [0.2, 0.25) is 0 Å². The van der Waals surface area contributed by atoms with E-state index in [1.54, 1.807) is 13.8 Å². The lowest BCUT2D eigenvalue weighted by molar-refractivity contribution is -0.128. The van der Waals surface area contributed by atoms with Crippen molar-refractivity contribution in [2.45, 2.75) is 32.7 Å². The molecule has 2 aromatic heterocycles.